The molecule has 27 heavy (non-hydrogen) atoms. The van der Waals surface area contributed by atoms with Crippen molar-refractivity contribution in [2.45, 2.75) is 0 Å². The van der Waals surface area contributed by atoms with Crippen molar-refractivity contribution < 1.29 is 46.4 Å². The molecular formula is C14H15O10P3. The smallest absolute Gasteiger partial charge is 0.403 e. The Morgan fingerprint density at radius 3 is 1.78 bits per heavy atom. The van der Waals surface area contributed by atoms with Gasteiger partial charge in [0.15, 0.2) is 0 Å². The molecule has 0 saturated carbocycles. The Morgan fingerprint density at radius 1 is 0.741 bits per heavy atom. The van der Waals surface area contributed by atoms with Crippen LogP contribution in [0.1, 0.15) is 11.1 Å². The molecule has 2 aromatic carbocycles. The minimum atomic E-state index is -5.59. The fourth-order valence-corrected chi connectivity index (χ4v) is 4.93. The first-order chi connectivity index (χ1) is 12.5. The molecule has 13 heteroatoms. The highest BCUT2D eigenvalue weighted by Crippen LogP contribution is 2.67. The first-order valence-corrected chi connectivity index (χ1v) is 11.6. The van der Waals surface area contributed by atoms with Gasteiger partial charge >= 0.3 is 23.5 Å². The first kappa shape index (κ1) is 21.7. The molecule has 4 N–H and O–H groups in total. The van der Waals surface area contributed by atoms with Gasteiger partial charge in [0, 0.05) is 5.56 Å². The van der Waals surface area contributed by atoms with E-state index in [0.29, 0.717) is 11.1 Å². The van der Waals surface area contributed by atoms with Gasteiger partial charge in [0.2, 0.25) is 0 Å². The second-order valence-corrected chi connectivity index (χ2v) is 9.31. The lowest BCUT2D eigenvalue weighted by Gasteiger charge is -2.18. The van der Waals surface area contributed by atoms with Crippen LogP contribution < -0.4 is 0 Å². The number of benzene rings is 2. The molecule has 0 heterocycles. The molecule has 0 saturated heterocycles. The van der Waals surface area contributed by atoms with Gasteiger partial charge in [0.05, 0.1) is 0 Å². The Hall–Kier alpha value is -1.57. The molecule has 2 atom stereocenters. The summed E-state index contributed by atoms with van der Waals surface area (Å²) in [7, 11) is -16.4. The van der Waals surface area contributed by atoms with Crippen LogP contribution in [0.25, 0.3) is 11.8 Å². The third-order valence-corrected chi connectivity index (χ3v) is 6.54. The number of rotatable bonds is 8. The van der Waals surface area contributed by atoms with Crippen LogP contribution in [0, 0.1) is 0 Å². The molecule has 2 rings (SSSR count). The molecule has 0 fully saturated rings. The number of hydrogen-bond acceptors (Lipinski definition) is 6. The lowest BCUT2D eigenvalue weighted by molar-refractivity contribution is 0.203. The van der Waals surface area contributed by atoms with E-state index in [-0.39, 0.29) is 5.76 Å². The van der Waals surface area contributed by atoms with E-state index in [2.05, 4.69) is 8.62 Å². The average Bonchev–Trinajstić information content (AvgIpc) is 2.52. The maximum atomic E-state index is 12.1. The molecule has 146 valence electrons. The molecule has 0 spiro atoms. The summed E-state index contributed by atoms with van der Waals surface area (Å²) in [6.07, 6.45) is 1.37. The molecule has 0 aliphatic rings. The van der Waals surface area contributed by atoms with Crippen LogP contribution in [0.5, 0.6) is 0 Å². The Bertz CT molecular complexity index is 938. The van der Waals surface area contributed by atoms with Crippen LogP contribution in [0.3, 0.4) is 0 Å². The summed E-state index contributed by atoms with van der Waals surface area (Å²) in [5.74, 6) is -0.191. The van der Waals surface area contributed by atoms with Crippen LogP contribution >= 0.6 is 23.5 Å². The summed E-state index contributed by atoms with van der Waals surface area (Å²) in [6, 6.07) is 16.5. The second kappa shape index (κ2) is 8.63. The Kier molecular flexibility index (Phi) is 6.94. The van der Waals surface area contributed by atoms with Crippen molar-refractivity contribution in [3.05, 3.63) is 71.8 Å². The SMILES string of the molecule is O=P(O)(O)OP(=O)(O)OP(=O)(O)OC(=Cc1ccccc1)c1ccccc1. The summed E-state index contributed by atoms with van der Waals surface area (Å²) >= 11 is 0. The van der Waals surface area contributed by atoms with E-state index < -0.39 is 23.5 Å². The average molecular weight is 436 g/mol. The molecule has 10 nitrogen and oxygen atoms in total. The number of phosphoric ester groups is 1. The van der Waals surface area contributed by atoms with Crippen molar-refractivity contribution >= 4 is 35.3 Å². The summed E-state index contributed by atoms with van der Waals surface area (Å²) in [5, 5.41) is 0. The molecule has 2 aromatic rings. The highest BCUT2D eigenvalue weighted by molar-refractivity contribution is 7.66. The van der Waals surface area contributed by atoms with Crippen molar-refractivity contribution in [2.75, 3.05) is 0 Å². The lowest BCUT2D eigenvalue weighted by Crippen LogP contribution is -1.97. The minimum absolute atomic E-state index is 0.191. The normalized spacial score (nSPS) is 17.0. The summed E-state index contributed by atoms with van der Waals surface area (Å²) in [5.41, 5.74) is 0.915. The molecule has 0 amide bonds. The zero-order valence-corrected chi connectivity index (χ0v) is 16.1. The van der Waals surface area contributed by atoms with Crippen LogP contribution in [0.15, 0.2) is 60.7 Å². The highest BCUT2D eigenvalue weighted by atomic mass is 31.3. The van der Waals surface area contributed by atoms with E-state index in [0.717, 1.165) is 0 Å². The first-order valence-electron chi connectivity index (χ1n) is 7.11. The second-order valence-electron chi connectivity index (χ2n) is 4.97. The predicted octanol–water partition coefficient (Wildman–Crippen LogP) is 3.53. The molecule has 0 radical (unpaired) electrons. The van der Waals surface area contributed by atoms with E-state index in [1.165, 1.54) is 6.08 Å². The highest BCUT2D eigenvalue weighted by Gasteiger charge is 2.41. The molecule has 2 unspecified atom stereocenters. The third-order valence-electron chi connectivity index (χ3n) is 2.79. The summed E-state index contributed by atoms with van der Waals surface area (Å²) < 4.78 is 46.5. The maximum Gasteiger partial charge on any atom is 0.536 e. The van der Waals surface area contributed by atoms with Crippen molar-refractivity contribution in [2.24, 2.45) is 0 Å². The Morgan fingerprint density at radius 2 is 1.26 bits per heavy atom. The maximum absolute atomic E-state index is 12.1. The predicted molar refractivity (Wildman–Crippen MR) is 95.7 cm³/mol. The van der Waals surface area contributed by atoms with Gasteiger partial charge in [-0.15, -0.1) is 0 Å². The molecule has 0 aliphatic carbocycles. The summed E-state index contributed by atoms with van der Waals surface area (Å²) in [6.45, 7) is 0. The molecule has 0 aliphatic heterocycles. The van der Waals surface area contributed by atoms with Crippen LogP contribution in [0.4, 0.5) is 0 Å². The molecule has 0 aromatic heterocycles. The van der Waals surface area contributed by atoms with E-state index in [9.17, 15) is 23.5 Å². The van der Waals surface area contributed by atoms with Gasteiger partial charge < -0.3 is 19.2 Å². The number of phosphoric acid groups is 3. The zero-order chi connectivity index (χ0) is 20.1. The van der Waals surface area contributed by atoms with Gasteiger partial charge in [0.1, 0.15) is 5.76 Å². The molecular weight excluding hydrogens is 421 g/mol. The fourth-order valence-electron chi connectivity index (χ4n) is 1.89. The quantitative estimate of drug-likeness (QED) is 0.274. The van der Waals surface area contributed by atoms with Gasteiger partial charge in [-0.25, -0.2) is 13.7 Å². The topological polar surface area (TPSA) is 160 Å². The van der Waals surface area contributed by atoms with Crippen molar-refractivity contribution in [3.8, 4) is 0 Å². The van der Waals surface area contributed by atoms with Crippen LogP contribution in [-0.2, 0) is 26.8 Å². The Balaban J connectivity index is 2.32. The molecule has 0 bridgehead atoms. The van der Waals surface area contributed by atoms with Crippen LogP contribution in [-0.4, -0.2) is 19.6 Å². The van der Waals surface area contributed by atoms with E-state index in [1.54, 1.807) is 60.7 Å². The van der Waals surface area contributed by atoms with E-state index in [1.807, 2.05) is 0 Å². The number of hydrogen-bond donors (Lipinski definition) is 4. The third kappa shape index (κ3) is 7.91. The standard InChI is InChI=1S/C14H15O10P3/c15-25(16,17)23-27(20,21)24-26(18,19)22-14(13-9-5-2-6-10-13)11-12-7-3-1-4-8-12/h1-11H,(H,18,19)(H,20,21)(H2,15,16,17). The minimum Gasteiger partial charge on any atom is -0.403 e. The van der Waals surface area contributed by atoms with Crippen LogP contribution in [0.2, 0.25) is 0 Å². The fraction of sp³-hybridized carbons (Fsp3) is 0. The van der Waals surface area contributed by atoms with Gasteiger partial charge in [0.25, 0.3) is 0 Å². The van der Waals surface area contributed by atoms with Gasteiger partial charge in [-0.3, -0.25) is 4.89 Å². The lowest BCUT2D eigenvalue weighted by atomic mass is 10.1. The Labute approximate surface area is 154 Å². The monoisotopic (exact) mass is 436 g/mol. The zero-order valence-electron chi connectivity index (χ0n) is 13.4. The van der Waals surface area contributed by atoms with Crippen molar-refractivity contribution in [1.82, 2.24) is 0 Å². The van der Waals surface area contributed by atoms with Crippen molar-refractivity contribution in [1.29, 1.82) is 0 Å². The van der Waals surface area contributed by atoms with Gasteiger partial charge in [-0.05, 0) is 11.6 Å². The van der Waals surface area contributed by atoms with Gasteiger partial charge in [-0.1, -0.05) is 60.7 Å². The van der Waals surface area contributed by atoms with E-state index >= 15 is 0 Å². The van der Waals surface area contributed by atoms with Crippen molar-refractivity contribution in [3.63, 3.8) is 0 Å². The summed E-state index contributed by atoms with van der Waals surface area (Å²) in [4.78, 5) is 36.1. The van der Waals surface area contributed by atoms with Gasteiger partial charge in [-0.2, -0.15) is 8.62 Å². The largest absolute Gasteiger partial charge is 0.536 e. The van der Waals surface area contributed by atoms with E-state index in [4.69, 9.17) is 14.3 Å².